The van der Waals surface area contributed by atoms with E-state index in [1.807, 2.05) is 12.1 Å². The third-order valence-corrected chi connectivity index (χ3v) is 5.73. The molecule has 1 aliphatic carbocycles. The number of hydrogen-bond acceptors (Lipinski definition) is 4. The van der Waals surface area contributed by atoms with Crippen molar-refractivity contribution < 1.29 is 9.90 Å². The number of rotatable bonds is 5. The van der Waals surface area contributed by atoms with Crippen LogP contribution in [0.5, 0.6) is 0 Å². The number of aromatic carboxylic acids is 1. The number of aryl methyl sites for hydroxylation is 1. The van der Waals surface area contributed by atoms with Gasteiger partial charge in [0.2, 0.25) is 0 Å². The van der Waals surface area contributed by atoms with Crippen molar-refractivity contribution in [2.75, 3.05) is 0 Å². The highest BCUT2D eigenvalue weighted by Gasteiger charge is 2.31. The fourth-order valence-electron chi connectivity index (χ4n) is 2.08. The second-order valence-corrected chi connectivity index (χ2v) is 7.06. The zero-order valence-electron chi connectivity index (χ0n) is 11.1. The Kier molecular flexibility index (Phi) is 3.81. The second-order valence-electron chi connectivity index (χ2n) is 4.96. The number of thioether (sulfide) groups is 1. The molecule has 20 heavy (non-hydrogen) atoms. The van der Waals surface area contributed by atoms with Gasteiger partial charge in [-0.15, -0.1) is 23.1 Å². The predicted molar refractivity (Wildman–Crippen MR) is 81.8 cm³/mol. The SMILES string of the molecule is Cc1ccccc1SCc1nc(C2CC2)c(C(=O)O)s1. The summed E-state index contributed by atoms with van der Waals surface area (Å²) in [6.45, 7) is 2.09. The number of nitrogens with zero attached hydrogens (tertiary/aromatic N) is 1. The van der Waals surface area contributed by atoms with Crippen LogP contribution in [0, 0.1) is 6.92 Å². The molecule has 1 aromatic heterocycles. The highest BCUT2D eigenvalue weighted by Crippen LogP contribution is 2.43. The number of carboxylic acid groups (broad SMARTS) is 1. The van der Waals surface area contributed by atoms with Gasteiger partial charge in [0.1, 0.15) is 9.88 Å². The van der Waals surface area contributed by atoms with Crippen LogP contribution in [0.15, 0.2) is 29.2 Å². The van der Waals surface area contributed by atoms with Crippen molar-refractivity contribution in [3.63, 3.8) is 0 Å². The molecule has 2 aromatic rings. The van der Waals surface area contributed by atoms with Crippen LogP contribution < -0.4 is 0 Å². The summed E-state index contributed by atoms with van der Waals surface area (Å²) >= 11 is 3.05. The van der Waals surface area contributed by atoms with Gasteiger partial charge in [0.25, 0.3) is 0 Å². The Morgan fingerprint density at radius 1 is 1.45 bits per heavy atom. The van der Waals surface area contributed by atoms with Gasteiger partial charge in [-0.05, 0) is 31.4 Å². The van der Waals surface area contributed by atoms with Gasteiger partial charge in [0.15, 0.2) is 0 Å². The zero-order chi connectivity index (χ0) is 14.1. The maximum absolute atomic E-state index is 11.3. The summed E-state index contributed by atoms with van der Waals surface area (Å²) in [5.41, 5.74) is 2.05. The van der Waals surface area contributed by atoms with Crippen LogP contribution >= 0.6 is 23.1 Å². The molecule has 1 aromatic carbocycles. The molecule has 1 aliphatic rings. The summed E-state index contributed by atoms with van der Waals surface area (Å²) in [7, 11) is 0. The van der Waals surface area contributed by atoms with Crippen LogP contribution in [0.25, 0.3) is 0 Å². The molecule has 5 heteroatoms. The lowest BCUT2D eigenvalue weighted by Crippen LogP contribution is -1.97. The minimum atomic E-state index is -0.837. The molecule has 0 atom stereocenters. The quantitative estimate of drug-likeness (QED) is 0.836. The molecule has 104 valence electrons. The standard InChI is InChI=1S/C15H15NO2S2/c1-9-4-2-3-5-11(9)19-8-12-16-13(10-6-7-10)14(20-12)15(17)18/h2-5,10H,6-8H2,1H3,(H,17,18). The van der Waals surface area contributed by atoms with Gasteiger partial charge in [-0.1, -0.05) is 18.2 Å². The molecule has 1 heterocycles. The van der Waals surface area contributed by atoms with Crippen molar-refractivity contribution in [2.24, 2.45) is 0 Å². The van der Waals surface area contributed by atoms with Crippen LogP contribution in [0.3, 0.4) is 0 Å². The average Bonchev–Trinajstić information content (AvgIpc) is 3.18. The van der Waals surface area contributed by atoms with Crippen LogP contribution in [0.2, 0.25) is 0 Å². The summed E-state index contributed by atoms with van der Waals surface area (Å²) in [4.78, 5) is 17.5. The first-order valence-electron chi connectivity index (χ1n) is 6.56. The van der Waals surface area contributed by atoms with Gasteiger partial charge >= 0.3 is 5.97 Å². The van der Waals surface area contributed by atoms with Crippen LogP contribution in [0.1, 0.15) is 44.7 Å². The molecule has 3 rings (SSSR count). The lowest BCUT2D eigenvalue weighted by molar-refractivity contribution is 0.0700. The first-order chi connectivity index (χ1) is 9.65. The summed E-state index contributed by atoms with van der Waals surface area (Å²) in [5.74, 6) is 0.286. The molecule has 0 saturated heterocycles. The van der Waals surface area contributed by atoms with E-state index in [9.17, 15) is 9.90 Å². The topological polar surface area (TPSA) is 50.2 Å². The number of hydrogen-bond donors (Lipinski definition) is 1. The van der Waals surface area contributed by atoms with Crippen molar-refractivity contribution in [1.82, 2.24) is 4.98 Å². The summed E-state index contributed by atoms with van der Waals surface area (Å²) < 4.78 is 0. The zero-order valence-corrected chi connectivity index (χ0v) is 12.8. The molecule has 0 amide bonds. The molecule has 1 N–H and O–H groups in total. The lowest BCUT2D eigenvalue weighted by atomic mass is 10.2. The Morgan fingerprint density at radius 3 is 2.85 bits per heavy atom. The van der Waals surface area contributed by atoms with E-state index in [1.54, 1.807) is 11.8 Å². The van der Waals surface area contributed by atoms with Crippen molar-refractivity contribution in [2.45, 2.75) is 36.3 Å². The fourth-order valence-corrected chi connectivity index (χ4v) is 4.09. The Bertz CT molecular complexity index is 647. The van der Waals surface area contributed by atoms with Crippen LogP contribution in [-0.2, 0) is 5.75 Å². The van der Waals surface area contributed by atoms with E-state index in [4.69, 9.17) is 0 Å². The monoisotopic (exact) mass is 305 g/mol. The largest absolute Gasteiger partial charge is 0.477 e. The number of thiazole rings is 1. The van der Waals surface area contributed by atoms with Gasteiger partial charge in [-0.25, -0.2) is 9.78 Å². The van der Waals surface area contributed by atoms with E-state index >= 15 is 0 Å². The van der Waals surface area contributed by atoms with E-state index in [-0.39, 0.29) is 0 Å². The van der Waals surface area contributed by atoms with Crippen molar-refractivity contribution in [3.8, 4) is 0 Å². The highest BCUT2D eigenvalue weighted by molar-refractivity contribution is 7.98. The minimum absolute atomic E-state index is 0.384. The van der Waals surface area contributed by atoms with E-state index in [1.165, 1.54) is 21.8 Å². The smallest absolute Gasteiger partial charge is 0.347 e. The van der Waals surface area contributed by atoms with E-state index < -0.39 is 5.97 Å². The third kappa shape index (κ3) is 2.88. The Morgan fingerprint density at radius 2 is 2.20 bits per heavy atom. The van der Waals surface area contributed by atoms with Crippen molar-refractivity contribution in [1.29, 1.82) is 0 Å². The summed E-state index contributed by atoms with van der Waals surface area (Å²) in [6.07, 6.45) is 2.16. The Balaban J connectivity index is 1.76. The molecule has 0 unspecified atom stereocenters. The summed E-state index contributed by atoms with van der Waals surface area (Å²) in [6, 6.07) is 8.22. The number of benzene rings is 1. The molecule has 0 bridgehead atoms. The van der Waals surface area contributed by atoms with Gasteiger partial charge in [0, 0.05) is 10.8 Å². The molecular weight excluding hydrogens is 290 g/mol. The first-order valence-corrected chi connectivity index (χ1v) is 8.36. The molecule has 3 nitrogen and oxygen atoms in total. The highest BCUT2D eigenvalue weighted by atomic mass is 32.2. The van der Waals surface area contributed by atoms with E-state index in [0.717, 1.165) is 29.3 Å². The number of carboxylic acids is 1. The molecule has 0 aliphatic heterocycles. The molecule has 0 spiro atoms. The van der Waals surface area contributed by atoms with E-state index in [2.05, 4.69) is 24.0 Å². The van der Waals surface area contributed by atoms with Gasteiger partial charge in [-0.2, -0.15) is 0 Å². The molecular formula is C15H15NO2S2. The normalized spacial score (nSPS) is 14.4. The Labute approximate surface area is 126 Å². The second kappa shape index (κ2) is 5.58. The maximum atomic E-state index is 11.3. The van der Waals surface area contributed by atoms with Crippen LogP contribution in [0.4, 0.5) is 0 Å². The fraction of sp³-hybridized carbons (Fsp3) is 0.333. The number of carbonyl (C=O) groups is 1. The van der Waals surface area contributed by atoms with Gasteiger partial charge in [-0.3, -0.25) is 0 Å². The summed E-state index contributed by atoms with van der Waals surface area (Å²) in [5, 5.41) is 10.2. The van der Waals surface area contributed by atoms with Crippen molar-refractivity contribution in [3.05, 3.63) is 45.4 Å². The van der Waals surface area contributed by atoms with Gasteiger partial charge in [0.05, 0.1) is 11.4 Å². The molecule has 0 radical (unpaired) electrons. The lowest BCUT2D eigenvalue weighted by Gasteiger charge is -2.02. The molecule has 1 saturated carbocycles. The van der Waals surface area contributed by atoms with E-state index in [0.29, 0.717) is 10.8 Å². The third-order valence-electron chi connectivity index (χ3n) is 3.30. The minimum Gasteiger partial charge on any atom is -0.477 e. The van der Waals surface area contributed by atoms with Crippen LogP contribution in [-0.4, -0.2) is 16.1 Å². The Hall–Kier alpha value is -1.33. The maximum Gasteiger partial charge on any atom is 0.347 e. The number of aromatic nitrogens is 1. The average molecular weight is 305 g/mol. The molecule has 1 fully saturated rings. The predicted octanol–water partition coefficient (Wildman–Crippen LogP) is 4.32. The van der Waals surface area contributed by atoms with Crippen molar-refractivity contribution >= 4 is 29.1 Å². The first kappa shape index (κ1) is 13.6. The van der Waals surface area contributed by atoms with Gasteiger partial charge < -0.3 is 5.11 Å².